The van der Waals surface area contributed by atoms with Crippen molar-refractivity contribution in [2.75, 3.05) is 13.1 Å². The average molecular weight is 290 g/mol. The summed E-state index contributed by atoms with van der Waals surface area (Å²) in [6.07, 6.45) is 1.48. The van der Waals surface area contributed by atoms with Gasteiger partial charge in [-0.05, 0) is 36.1 Å². The van der Waals surface area contributed by atoms with Gasteiger partial charge >= 0.3 is 0 Å². The molecule has 0 spiro atoms. The lowest BCUT2D eigenvalue weighted by molar-refractivity contribution is -0.125. The number of nitrogens with two attached hydrogens (primary N) is 1. The minimum Gasteiger partial charge on any atom is -0.369 e. The quantitative estimate of drug-likeness (QED) is 0.863. The Balaban J connectivity index is 2.11. The van der Waals surface area contributed by atoms with Crippen molar-refractivity contribution < 1.29 is 14.0 Å². The number of nitrogens with zero attached hydrogens (tertiary/aromatic N) is 1. The van der Waals surface area contributed by atoms with Crippen molar-refractivity contribution in [3.8, 4) is 0 Å². The number of carbonyl (C=O) groups is 2. The summed E-state index contributed by atoms with van der Waals surface area (Å²) in [6.45, 7) is 4.53. The van der Waals surface area contributed by atoms with Gasteiger partial charge in [-0.25, -0.2) is 4.39 Å². The van der Waals surface area contributed by atoms with Crippen LogP contribution in [-0.2, 0) is 9.59 Å². The maximum absolute atomic E-state index is 13.2. The van der Waals surface area contributed by atoms with E-state index in [1.54, 1.807) is 24.0 Å². The predicted molar refractivity (Wildman–Crippen MR) is 78.5 cm³/mol. The number of amides is 2. The highest BCUT2D eigenvalue weighted by atomic mass is 19.1. The molecule has 1 saturated heterocycles. The van der Waals surface area contributed by atoms with E-state index < -0.39 is 0 Å². The summed E-state index contributed by atoms with van der Waals surface area (Å²) in [7, 11) is 0. The lowest BCUT2D eigenvalue weighted by Crippen LogP contribution is -2.31. The zero-order valence-electron chi connectivity index (χ0n) is 12.2. The van der Waals surface area contributed by atoms with Gasteiger partial charge in [0.05, 0.1) is 5.92 Å². The Kier molecular flexibility index (Phi) is 4.40. The molecule has 1 aromatic carbocycles. The van der Waals surface area contributed by atoms with E-state index >= 15 is 0 Å². The van der Waals surface area contributed by atoms with Crippen LogP contribution in [0.1, 0.15) is 19.4 Å². The normalized spacial score (nSPS) is 22.4. The smallest absolute Gasteiger partial charge is 0.246 e. The van der Waals surface area contributed by atoms with Crippen LogP contribution in [0.15, 0.2) is 30.3 Å². The molecule has 5 heteroatoms. The Morgan fingerprint density at radius 3 is 2.67 bits per heavy atom. The molecule has 4 nitrogen and oxygen atoms in total. The van der Waals surface area contributed by atoms with Crippen LogP contribution in [0.5, 0.6) is 0 Å². The fourth-order valence-corrected chi connectivity index (χ4v) is 2.61. The second kappa shape index (κ2) is 6.08. The van der Waals surface area contributed by atoms with Crippen molar-refractivity contribution in [2.24, 2.45) is 17.6 Å². The number of hydrogen-bond donors (Lipinski definition) is 1. The number of halogens is 1. The van der Waals surface area contributed by atoms with Gasteiger partial charge in [0.15, 0.2) is 0 Å². The largest absolute Gasteiger partial charge is 0.369 e. The Morgan fingerprint density at radius 1 is 1.38 bits per heavy atom. The molecule has 2 rings (SSSR count). The summed E-state index contributed by atoms with van der Waals surface area (Å²) in [4.78, 5) is 25.1. The molecule has 0 bridgehead atoms. The molecular formula is C16H19FN2O2. The van der Waals surface area contributed by atoms with Gasteiger partial charge in [0.1, 0.15) is 5.82 Å². The van der Waals surface area contributed by atoms with Crippen molar-refractivity contribution in [1.82, 2.24) is 4.90 Å². The molecule has 1 fully saturated rings. The van der Waals surface area contributed by atoms with Gasteiger partial charge in [-0.15, -0.1) is 0 Å². The van der Waals surface area contributed by atoms with Crippen molar-refractivity contribution in [1.29, 1.82) is 0 Å². The van der Waals surface area contributed by atoms with E-state index in [0.717, 1.165) is 0 Å². The van der Waals surface area contributed by atoms with Crippen LogP contribution in [0.2, 0.25) is 0 Å². The molecule has 1 aliphatic rings. The minimum absolute atomic E-state index is 0.0642. The number of allylic oxidation sites excluding steroid dienone is 1. The molecule has 0 unspecified atom stereocenters. The van der Waals surface area contributed by atoms with Gasteiger partial charge in [-0.1, -0.05) is 19.1 Å². The molecule has 2 atom stereocenters. The van der Waals surface area contributed by atoms with E-state index in [4.69, 9.17) is 5.73 Å². The fraction of sp³-hybridized carbons (Fsp3) is 0.375. The monoisotopic (exact) mass is 290 g/mol. The van der Waals surface area contributed by atoms with E-state index in [9.17, 15) is 14.0 Å². The van der Waals surface area contributed by atoms with E-state index in [-0.39, 0.29) is 29.5 Å². The lowest BCUT2D eigenvalue weighted by Gasteiger charge is -2.14. The van der Waals surface area contributed by atoms with Crippen LogP contribution in [0, 0.1) is 17.7 Å². The third kappa shape index (κ3) is 3.48. The summed E-state index contributed by atoms with van der Waals surface area (Å²) in [5, 5.41) is 0. The molecule has 0 aromatic heterocycles. The molecule has 112 valence electrons. The summed E-state index contributed by atoms with van der Waals surface area (Å²) < 4.78 is 13.2. The Bertz CT molecular complexity index is 598. The minimum atomic E-state index is -0.372. The number of likely N-dealkylation sites (tertiary alicyclic amines) is 1. The second-order valence-corrected chi connectivity index (χ2v) is 5.57. The molecule has 1 aromatic rings. The molecule has 2 N–H and O–H groups in total. The Hall–Kier alpha value is -2.17. The van der Waals surface area contributed by atoms with E-state index in [0.29, 0.717) is 24.2 Å². The van der Waals surface area contributed by atoms with Gasteiger partial charge in [0, 0.05) is 19.2 Å². The Labute approximate surface area is 123 Å². The first-order chi connectivity index (χ1) is 9.88. The number of primary amides is 1. The maximum Gasteiger partial charge on any atom is 0.246 e. The van der Waals surface area contributed by atoms with Gasteiger partial charge in [-0.2, -0.15) is 0 Å². The zero-order valence-corrected chi connectivity index (χ0v) is 12.2. The first-order valence-corrected chi connectivity index (χ1v) is 6.91. The van der Waals surface area contributed by atoms with Crippen molar-refractivity contribution in [2.45, 2.75) is 13.8 Å². The van der Waals surface area contributed by atoms with Crippen LogP contribution in [0.4, 0.5) is 4.39 Å². The highest BCUT2D eigenvalue weighted by Gasteiger charge is 2.35. The molecule has 21 heavy (non-hydrogen) atoms. The van der Waals surface area contributed by atoms with Crippen molar-refractivity contribution in [3.63, 3.8) is 0 Å². The van der Waals surface area contributed by atoms with E-state index in [1.807, 2.05) is 6.92 Å². The van der Waals surface area contributed by atoms with Gasteiger partial charge < -0.3 is 10.6 Å². The molecule has 1 aliphatic heterocycles. The third-order valence-electron chi connectivity index (χ3n) is 3.91. The molecule has 2 amide bonds. The maximum atomic E-state index is 13.2. The molecule has 1 heterocycles. The topological polar surface area (TPSA) is 63.4 Å². The van der Waals surface area contributed by atoms with Crippen molar-refractivity contribution >= 4 is 17.4 Å². The molecule has 0 radical (unpaired) electrons. The highest BCUT2D eigenvalue weighted by molar-refractivity contribution is 5.95. The van der Waals surface area contributed by atoms with Crippen LogP contribution < -0.4 is 5.73 Å². The SMILES string of the molecule is C/C(=C\C(=O)N1C[C@@H](C)[C@H](C(N)=O)C1)c1cccc(F)c1. The molecule has 0 saturated carbocycles. The summed E-state index contributed by atoms with van der Waals surface area (Å²) in [5.74, 6) is -1.11. The van der Waals surface area contributed by atoms with Crippen LogP contribution in [0.25, 0.3) is 5.57 Å². The van der Waals surface area contributed by atoms with Crippen LogP contribution in [-0.4, -0.2) is 29.8 Å². The van der Waals surface area contributed by atoms with Crippen molar-refractivity contribution in [3.05, 3.63) is 41.7 Å². The second-order valence-electron chi connectivity index (χ2n) is 5.57. The predicted octanol–water partition coefficient (Wildman–Crippen LogP) is 1.81. The molecule has 0 aliphatic carbocycles. The summed E-state index contributed by atoms with van der Waals surface area (Å²) in [6, 6.07) is 6.10. The number of carbonyl (C=O) groups excluding carboxylic acids is 2. The zero-order chi connectivity index (χ0) is 15.6. The number of rotatable bonds is 3. The summed E-state index contributed by atoms with van der Waals surface area (Å²) in [5.41, 5.74) is 6.68. The standard InChI is InChI=1S/C16H19FN2O2/c1-10(12-4-3-5-13(17)7-12)6-15(20)19-8-11(2)14(9-19)16(18)21/h3-7,11,14H,8-9H2,1-2H3,(H2,18,21)/b10-6+/t11-,14-/m1/s1. The first-order valence-electron chi connectivity index (χ1n) is 6.91. The highest BCUT2D eigenvalue weighted by Crippen LogP contribution is 2.23. The Morgan fingerprint density at radius 2 is 2.10 bits per heavy atom. The fourth-order valence-electron chi connectivity index (χ4n) is 2.61. The average Bonchev–Trinajstić information content (AvgIpc) is 2.81. The first kappa shape index (κ1) is 15.2. The van der Waals surface area contributed by atoms with Gasteiger partial charge in [-0.3, -0.25) is 9.59 Å². The third-order valence-corrected chi connectivity index (χ3v) is 3.91. The number of benzene rings is 1. The van der Waals surface area contributed by atoms with Crippen LogP contribution >= 0.6 is 0 Å². The van der Waals surface area contributed by atoms with E-state index in [2.05, 4.69) is 0 Å². The van der Waals surface area contributed by atoms with Gasteiger partial charge in [0.2, 0.25) is 11.8 Å². The molecular weight excluding hydrogens is 271 g/mol. The van der Waals surface area contributed by atoms with E-state index in [1.165, 1.54) is 18.2 Å². The van der Waals surface area contributed by atoms with Crippen LogP contribution in [0.3, 0.4) is 0 Å². The van der Waals surface area contributed by atoms with Gasteiger partial charge in [0.25, 0.3) is 0 Å². The number of hydrogen-bond acceptors (Lipinski definition) is 2. The summed E-state index contributed by atoms with van der Waals surface area (Å²) >= 11 is 0. The lowest BCUT2D eigenvalue weighted by atomic mass is 9.98.